The summed E-state index contributed by atoms with van der Waals surface area (Å²) in [5.41, 5.74) is 0.0376. The van der Waals surface area contributed by atoms with E-state index in [0.717, 1.165) is 0 Å². The normalized spacial score (nSPS) is 12.2. The van der Waals surface area contributed by atoms with Gasteiger partial charge in [0.25, 0.3) is 5.91 Å². The average molecular weight is 224 g/mol. The van der Waals surface area contributed by atoms with Gasteiger partial charge < -0.3 is 15.1 Å². The van der Waals surface area contributed by atoms with Gasteiger partial charge in [0.2, 0.25) is 0 Å². The first-order valence-corrected chi connectivity index (χ1v) is 5.10. The third kappa shape index (κ3) is 3.20. The van der Waals surface area contributed by atoms with E-state index in [4.69, 9.17) is 5.11 Å². The lowest BCUT2D eigenvalue weighted by molar-refractivity contribution is 0.0760. The van der Waals surface area contributed by atoms with Crippen LogP contribution in [0.2, 0.25) is 0 Å². The van der Waals surface area contributed by atoms with Crippen LogP contribution in [0, 0.1) is 0 Å². The van der Waals surface area contributed by atoms with Crippen molar-refractivity contribution in [2.45, 2.75) is 19.4 Å². The summed E-state index contributed by atoms with van der Waals surface area (Å²) in [6.45, 7) is 2.09. The van der Waals surface area contributed by atoms with Gasteiger partial charge in [0.15, 0.2) is 5.69 Å². The topological polar surface area (TPSA) is 73.7 Å². The molecule has 1 amide bonds. The van der Waals surface area contributed by atoms with Crippen molar-refractivity contribution in [3.05, 3.63) is 24.0 Å². The van der Waals surface area contributed by atoms with E-state index in [1.165, 1.54) is 17.2 Å². The number of aliphatic hydroxyl groups excluding tert-OH is 1. The molecule has 0 saturated heterocycles. The molecule has 1 unspecified atom stereocenters. The van der Waals surface area contributed by atoms with Crippen molar-refractivity contribution < 1.29 is 15.0 Å². The third-order valence-electron chi connectivity index (χ3n) is 2.22. The summed E-state index contributed by atoms with van der Waals surface area (Å²) in [6.07, 6.45) is 1.50. The first-order valence-electron chi connectivity index (χ1n) is 5.10. The molecule has 0 aliphatic heterocycles. The SMILES string of the molecule is CC(O)CCN(C)C(=O)c1ncccc1O. The Morgan fingerprint density at radius 3 is 2.88 bits per heavy atom. The Balaban J connectivity index is 2.67. The predicted octanol–water partition coefficient (Wildman–Crippen LogP) is 0.630. The van der Waals surface area contributed by atoms with E-state index in [1.807, 2.05) is 0 Å². The fourth-order valence-corrected chi connectivity index (χ4v) is 1.22. The summed E-state index contributed by atoms with van der Waals surface area (Å²) in [6, 6.07) is 2.98. The lowest BCUT2D eigenvalue weighted by atomic mass is 10.2. The van der Waals surface area contributed by atoms with Crippen LogP contribution >= 0.6 is 0 Å². The van der Waals surface area contributed by atoms with Gasteiger partial charge in [0, 0.05) is 19.8 Å². The highest BCUT2D eigenvalue weighted by Crippen LogP contribution is 2.14. The number of aromatic nitrogens is 1. The van der Waals surface area contributed by atoms with Gasteiger partial charge in [-0.25, -0.2) is 4.98 Å². The maximum Gasteiger partial charge on any atom is 0.276 e. The molecule has 2 N–H and O–H groups in total. The number of nitrogens with zero attached hydrogens (tertiary/aromatic N) is 2. The minimum Gasteiger partial charge on any atom is -0.505 e. The Hall–Kier alpha value is -1.62. The number of rotatable bonds is 4. The predicted molar refractivity (Wildman–Crippen MR) is 59.2 cm³/mol. The van der Waals surface area contributed by atoms with E-state index in [9.17, 15) is 9.90 Å². The summed E-state index contributed by atoms with van der Waals surface area (Å²) in [5, 5.41) is 18.6. The largest absolute Gasteiger partial charge is 0.505 e. The maximum absolute atomic E-state index is 11.8. The van der Waals surface area contributed by atoms with Gasteiger partial charge in [-0.2, -0.15) is 0 Å². The molecule has 88 valence electrons. The van der Waals surface area contributed by atoms with E-state index in [-0.39, 0.29) is 17.4 Å². The number of carbonyl (C=O) groups excluding carboxylic acids is 1. The zero-order chi connectivity index (χ0) is 12.1. The van der Waals surface area contributed by atoms with Crippen molar-refractivity contribution in [1.82, 2.24) is 9.88 Å². The van der Waals surface area contributed by atoms with Crippen molar-refractivity contribution in [3.63, 3.8) is 0 Å². The highest BCUT2D eigenvalue weighted by Gasteiger charge is 2.16. The van der Waals surface area contributed by atoms with Crippen LogP contribution in [0.25, 0.3) is 0 Å². The molecule has 0 bridgehead atoms. The lowest BCUT2D eigenvalue weighted by Gasteiger charge is -2.17. The molecule has 0 aromatic carbocycles. The summed E-state index contributed by atoms with van der Waals surface area (Å²) < 4.78 is 0. The second-order valence-corrected chi connectivity index (χ2v) is 3.74. The molecule has 0 fully saturated rings. The number of aliphatic hydroxyl groups is 1. The first kappa shape index (κ1) is 12.4. The number of amides is 1. The molecule has 1 aromatic heterocycles. The maximum atomic E-state index is 11.8. The Morgan fingerprint density at radius 2 is 2.31 bits per heavy atom. The fraction of sp³-hybridized carbons (Fsp3) is 0.455. The molecule has 5 heteroatoms. The quantitative estimate of drug-likeness (QED) is 0.786. The van der Waals surface area contributed by atoms with Gasteiger partial charge in [-0.15, -0.1) is 0 Å². The van der Waals surface area contributed by atoms with Gasteiger partial charge in [0.05, 0.1) is 6.10 Å². The van der Waals surface area contributed by atoms with Crippen molar-refractivity contribution in [3.8, 4) is 5.75 Å². The van der Waals surface area contributed by atoms with Crippen molar-refractivity contribution in [2.24, 2.45) is 0 Å². The summed E-state index contributed by atoms with van der Waals surface area (Å²) in [7, 11) is 1.61. The number of hydrogen-bond donors (Lipinski definition) is 2. The molecular weight excluding hydrogens is 208 g/mol. The van der Waals surface area contributed by atoms with Gasteiger partial charge in [-0.05, 0) is 25.5 Å². The molecule has 0 radical (unpaired) electrons. The second-order valence-electron chi connectivity index (χ2n) is 3.74. The Bertz CT molecular complexity index is 366. The van der Waals surface area contributed by atoms with E-state index >= 15 is 0 Å². The first-order chi connectivity index (χ1) is 7.52. The second kappa shape index (κ2) is 5.46. The smallest absolute Gasteiger partial charge is 0.276 e. The van der Waals surface area contributed by atoms with Crippen molar-refractivity contribution in [2.75, 3.05) is 13.6 Å². The molecule has 0 aliphatic carbocycles. The van der Waals surface area contributed by atoms with Crippen LogP contribution < -0.4 is 0 Å². The molecule has 1 atom stereocenters. The minimum absolute atomic E-state index is 0.0376. The van der Waals surface area contributed by atoms with Gasteiger partial charge in [-0.3, -0.25) is 4.79 Å². The van der Waals surface area contributed by atoms with Crippen LogP contribution in [0.5, 0.6) is 5.75 Å². The van der Waals surface area contributed by atoms with Crippen LogP contribution in [0.15, 0.2) is 18.3 Å². The lowest BCUT2D eigenvalue weighted by Crippen LogP contribution is -2.30. The summed E-state index contributed by atoms with van der Waals surface area (Å²) in [5.74, 6) is -0.477. The fourth-order valence-electron chi connectivity index (χ4n) is 1.22. The Morgan fingerprint density at radius 1 is 1.62 bits per heavy atom. The summed E-state index contributed by atoms with van der Waals surface area (Å²) >= 11 is 0. The monoisotopic (exact) mass is 224 g/mol. The highest BCUT2D eigenvalue weighted by atomic mass is 16.3. The van der Waals surface area contributed by atoms with Gasteiger partial charge >= 0.3 is 0 Å². The zero-order valence-corrected chi connectivity index (χ0v) is 9.42. The molecule has 16 heavy (non-hydrogen) atoms. The highest BCUT2D eigenvalue weighted by molar-refractivity contribution is 5.94. The minimum atomic E-state index is -0.451. The molecule has 5 nitrogen and oxygen atoms in total. The van der Waals surface area contributed by atoms with Gasteiger partial charge in [0.1, 0.15) is 5.75 Å². The Kier molecular flexibility index (Phi) is 4.25. The number of hydrogen-bond acceptors (Lipinski definition) is 4. The zero-order valence-electron chi connectivity index (χ0n) is 9.42. The van der Waals surface area contributed by atoms with Crippen LogP contribution in [0.4, 0.5) is 0 Å². The number of carbonyl (C=O) groups is 1. The van der Waals surface area contributed by atoms with Crippen LogP contribution in [-0.2, 0) is 0 Å². The van der Waals surface area contributed by atoms with Crippen LogP contribution in [-0.4, -0.2) is 45.7 Å². The van der Waals surface area contributed by atoms with Crippen molar-refractivity contribution in [1.29, 1.82) is 0 Å². The van der Waals surface area contributed by atoms with E-state index in [2.05, 4.69) is 4.98 Å². The van der Waals surface area contributed by atoms with E-state index in [0.29, 0.717) is 13.0 Å². The molecule has 0 aliphatic rings. The van der Waals surface area contributed by atoms with E-state index in [1.54, 1.807) is 20.0 Å². The molecule has 1 aromatic rings. The molecule has 1 heterocycles. The molecule has 1 rings (SSSR count). The van der Waals surface area contributed by atoms with E-state index < -0.39 is 6.10 Å². The average Bonchev–Trinajstić information content (AvgIpc) is 2.25. The Labute approximate surface area is 94.4 Å². The summed E-state index contributed by atoms with van der Waals surface area (Å²) in [4.78, 5) is 17.0. The van der Waals surface area contributed by atoms with Crippen LogP contribution in [0.1, 0.15) is 23.8 Å². The molecule has 0 spiro atoms. The standard InChI is InChI=1S/C11H16N2O3/c1-8(14)5-7-13(2)11(16)10-9(15)4-3-6-12-10/h3-4,6,8,14-15H,5,7H2,1-2H3. The van der Waals surface area contributed by atoms with Crippen molar-refractivity contribution >= 4 is 5.91 Å². The number of pyridine rings is 1. The molecule has 0 saturated carbocycles. The van der Waals surface area contributed by atoms with Gasteiger partial charge in [-0.1, -0.05) is 0 Å². The van der Waals surface area contributed by atoms with Crippen LogP contribution in [0.3, 0.4) is 0 Å². The number of aromatic hydroxyl groups is 1. The third-order valence-corrected chi connectivity index (χ3v) is 2.22. The molecular formula is C11H16N2O3.